The lowest BCUT2D eigenvalue weighted by molar-refractivity contribution is 0.349. The maximum absolute atomic E-state index is 2.39. The molecule has 94 valence electrons. The average molecular weight is 238 g/mol. The fraction of sp³-hybridized carbons (Fsp3) is 0.444. The highest BCUT2D eigenvalue weighted by Crippen LogP contribution is 2.38. The van der Waals surface area contributed by atoms with E-state index in [-0.39, 0.29) is 0 Å². The van der Waals surface area contributed by atoms with Crippen molar-refractivity contribution in [2.24, 2.45) is 5.92 Å². The Morgan fingerprint density at radius 3 is 2.22 bits per heavy atom. The summed E-state index contributed by atoms with van der Waals surface area (Å²) in [5, 5.41) is 2.92. The zero-order valence-corrected chi connectivity index (χ0v) is 11.4. The summed E-state index contributed by atoms with van der Waals surface area (Å²) < 4.78 is 0. The van der Waals surface area contributed by atoms with Gasteiger partial charge in [-0.15, -0.1) is 0 Å². The van der Waals surface area contributed by atoms with E-state index < -0.39 is 0 Å². The number of fused-ring (bicyclic) bond motifs is 1. The minimum atomic E-state index is 0.784. The molecule has 1 aliphatic rings. The molecule has 0 aromatic heterocycles. The summed E-state index contributed by atoms with van der Waals surface area (Å²) in [7, 11) is 0. The molecule has 0 N–H and O–H groups in total. The van der Waals surface area contributed by atoms with Gasteiger partial charge in [-0.1, -0.05) is 56.2 Å². The molecule has 1 fully saturated rings. The Balaban J connectivity index is 2.04. The van der Waals surface area contributed by atoms with Crippen LogP contribution in [0.1, 0.15) is 49.7 Å². The maximum Gasteiger partial charge on any atom is -0.0146 e. The van der Waals surface area contributed by atoms with Crippen LogP contribution in [0.2, 0.25) is 0 Å². The van der Waals surface area contributed by atoms with Crippen LogP contribution in [-0.4, -0.2) is 0 Å². The first kappa shape index (κ1) is 11.8. The molecule has 2 aromatic carbocycles. The molecule has 0 unspecified atom stereocenters. The number of benzene rings is 2. The first-order chi connectivity index (χ1) is 8.75. The molecule has 0 atom stereocenters. The van der Waals surface area contributed by atoms with Crippen LogP contribution in [0.25, 0.3) is 10.8 Å². The van der Waals surface area contributed by atoms with Crippen LogP contribution in [-0.2, 0) is 0 Å². The lowest BCUT2D eigenvalue weighted by atomic mass is 9.78. The van der Waals surface area contributed by atoms with Crippen molar-refractivity contribution < 1.29 is 0 Å². The second-order valence-electron chi connectivity index (χ2n) is 5.97. The summed E-state index contributed by atoms with van der Waals surface area (Å²) >= 11 is 0. The molecule has 0 aliphatic heterocycles. The zero-order valence-electron chi connectivity index (χ0n) is 11.4. The largest absolute Gasteiger partial charge is 0.0625 e. The molecular weight excluding hydrogens is 216 g/mol. The Hall–Kier alpha value is -1.30. The third-order valence-electron chi connectivity index (χ3n) is 4.63. The predicted molar refractivity (Wildman–Crippen MR) is 79.1 cm³/mol. The van der Waals surface area contributed by atoms with Crippen molar-refractivity contribution in [1.29, 1.82) is 0 Å². The zero-order chi connectivity index (χ0) is 12.5. The second kappa shape index (κ2) is 4.76. The van der Waals surface area contributed by atoms with Gasteiger partial charge in [0.15, 0.2) is 0 Å². The lowest BCUT2D eigenvalue weighted by Gasteiger charge is -2.27. The van der Waals surface area contributed by atoms with E-state index in [1.807, 2.05) is 0 Å². The summed E-state index contributed by atoms with van der Waals surface area (Å²) in [5.41, 5.74) is 2.99. The highest BCUT2D eigenvalue weighted by atomic mass is 14.3. The smallest absolute Gasteiger partial charge is 0.0146 e. The highest BCUT2D eigenvalue weighted by Gasteiger charge is 2.21. The van der Waals surface area contributed by atoms with Gasteiger partial charge in [-0.05, 0) is 53.5 Å². The van der Waals surface area contributed by atoms with Crippen LogP contribution in [0, 0.1) is 12.8 Å². The van der Waals surface area contributed by atoms with E-state index in [0.29, 0.717) is 0 Å². The number of rotatable bonds is 1. The van der Waals surface area contributed by atoms with Gasteiger partial charge in [0.2, 0.25) is 0 Å². The standard InChI is InChI=1S/C18H22/c1-13-7-10-15(11-8-13)17-12-9-14(2)16-5-3-4-6-18(16)17/h3-6,9,12-13,15H,7-8,10-11H2,1-2H3. The normalized spacial score (nSPS) is 24.3. The number of aryl methyl sites for hydroxylation is 1. The van der Waals surface area contributed by atoms with Crippen molar-refractivity contribution in [3.8, 4) is 0 Å². The summed E-state index contributed by atoms with van der Waals surface area (Å²) in [4.78, 5) is 0. The molecule has 0 heteroatoms. The van der Waals surface area contributed by atoms with Crippen molar-refractivity contribution in [3.05, 3.63) is 47.5 Å². The molecule has 2 aromatic rings. The van der Waals surface area contributed by atoms with Crippen LogP contribution in [0.3, 0.4) is 0 Å². The van der Waals surface area contributed by atoms with Crippen molar-refractivity contribution in [1.82, 2.24) is 0 Å². The molecule has 0 amide bonds. The van der Waals surface area contributed by atoms with Crippen molar-refractivity contribution >= 4 is 10.8 Å². The van der Waals surface area contributed by atoms with E-state index in [2.05, 4.69) is 50.2 Å². The molecular formula is C18H22. The lowest BCUT2D eigenvalue weighted by Crippen LogP contribution is -2.11. The molecule has 1 saturated carbocycles. The quantitative estimate of drug-likeness (QED) is 0.620. The summed E-state index contributed by atoms with van der Waals surface area (Å²) in [5.74, 6) is 1.71. The number of hydrogen-bond donors (Lipinski definition) is 0. The van der Waals surface area contributed by atoms with Gasteiger partial charge in [0.1, 0.15) is 0 Å². The molecule has 0 spiro atoms. The van der Waals surface area contributed by atoms with Gasteiger partial charge in [-0.3, -0.25) is 0 Å². The van der Waals surface area contributed by atoms with E-state index >= 15 is 0 Å². The van der Waals surface area contributed by atoms with Crippen LogP contribution in [0.15, 0.2) is 36.4 Å². The molecule has 3 rings (SSSR count). The fourth-order valence-electron chi connectivity index (χ4n) is 3.40. The first-order valence-electron chi connectivity index (χ1n) is 7.24. The van der Waals surface area contributed by atoms with Gasteiger partial charge < -0.3 is 0 Å². The molecule has 18 heavy (non-hydrogen) atoms. The van der Waals surface area contributed by atoms with Crippen LogP contribution < -0.4 is 0 Å². The molecule has 1 aliphatic carbocycles. The van der Waals surface area contributed by atoms with Crippen molar-refractivity contribution in [2.45, 2.75) is 45.4 Å². The van der Waals surface area contributed by atoms with Gasteiger partial charge in [0.25, 0.3) is 0 Å². The highest BCUT2D eigenvalue weighted by molar-refractivity contribution is 5.88. The summed E-state index contributed by atoms with van der Waals surface area (Å²) in [6.07, 6.45) is 5.53. The first-order valence-corrected chi connectivity index (χ1v) is 7.24. The average Bonchev–Trinajstić information content (AvgIpc) is 2.41. The summed E-state index contributed by atoms with van der Waals surface area (Å²) in [6, 6.07) is 13.6. The Kier molecular flexibility index (Phi) is 3.11. The van der Waals surface area contributed by atoms with Crippen molar-refractivity contribution in [3.63, 3.8) is 0 Å². The summed E-state index contributed by atoms with van der Waals surface area (Å²) in [6.45, 7) is 4.61. The predicted octanol–water partition coefficient (Wildman–Crippen LogP) is 5.44. The number of hydrogen-bond acceptors (Lipinski definition) is 0. The van der Waals surface area contributed by atoms with E-state index in [4.69, 9.17) is 0 Å². The Labute approximate surface area is 110 Å². The van der Waals surface area contributed by atoms with E-state index in [1.165, 1.54) is 42.0 Å². The monoisotopic (exact) mass is 238 g/mol. The van der Waals surface area contributed by atoms with Crippen LogP contribution >= 0.6 is 0 Å². The molecule has 0 bridgehead atoms. The minimum Gasteiger partial charge on any atom is -0.0625 e. The van der Waals surface area contributed by atoms with E-state index in [1.54, 1.807) is 5.56 Å². The molecule has 0 saturated heterocycles. The van der Waals surface area contributed by atoms with E-state index in [9.17, 15) is 0 Å². The molecule has 0 heterocycles. The molecule has 0 radical (unpaired) electrons. The van der Waals surface area contributed by atoms with Gasteiger partial charge in [0.05, 0.1) is 0 Å². The Morgan fingerprint density at radius 1 is 0.833 bits per heavy atom. The second-order valence-corrected chi connectivity index (χ2v) is 5.97. The third-order valence-corrected chi connectivity index (χ3v) is 4.63. The van der Waals surface area contributed by atoms with Gasteiger partial charge in [0, 0.05) is 0 Å². The maximum atomic E-state index is 2.39. The van der Waals surface area contributed by atoms with Gasteiger partial charge >= 0.3 is 0 Å². The van der Waals surface area contributed by atoms with Crippen LogP contribution in [0.5, 0.6) is 0 Å². The third kappa shape index (κ3) is 2.05. The van der Waals surface area contributed by atoms with Crippen molar-refractivity contribution in [2.75, 3.05) is 0 Å². The van der Waals surface area contributed by atoms with Crippen LogP contribution in [0.4, 0.5) is 0 Å². The SMILES string of the molecule is Cc1ccc(C2CCC(C)CC2)c2ccccc12. The van der Waals surface area contributed by atoms with Gasteiger partial charge in [-0.25, -0.2) is 0 Å². The fourth-order valence-corrected chi connectivity index (χ4v) is 3.40. The minimum absolute atomic E-state index is 0.784. The van der Waals surface area contributed by atoms with E-state index in [0.717, 1.165) is 11.8 Å². The Bertz CT molecular complexity index is 545. The Morgan fingerprint density at radius 2 is 1.50 bits per heavy atom. The molecule has 0 nitrogen and oxygen atoms in total. The van der Waals surface area contributed by atoms with Gasteiger partial charge in [-0.2, -0.15) is 0 Å². The topological polar surface area (TPSA) is 0 Å².